The standard InChI is InChI=1S/C40H72NO8P/c1-3-5-7-9-11-13-15-17-19-21-23-25-27-29-31-33-40(43)49-38(37-48-50(44,45)47-35-34-41)36-46-39(42)32-30-28-26-24-22-20-18-16-14-12-10-8-6-4-2/h11,13,16-19,23,25,38H,3-10,12,14-15,20-22,24,26-37,41H2,1-2H3,(H,44,45)/b13-11+,18-16+,19-17+,25-23+/t38-/m1/s1. The van der Waals surface area contributed by atoms with Crippen LogP contribution in [0.1, 0.15) is 162 Å². The molecule has 0 spiro atoms. The lowest BCUT2D eigenvalue weighted by molar-refractivity contribution is -0.161. The summed E-state index contributed by atoms with van der Waals surface area (Å²) >= 11 is 0. The maximum absolute atomic E-state index is 12.5. The van der Waals surface area contributed by atoms with Gasteiger partial charge in [-0.05, 0) is 77.0 Å². The lowest BCUT2D eigenvalue weighted by atomic mass is 10.1. The van der Waals surface area contributed by atoms with Gasteiger partial charge in [0.2, 0.25) is 0 Å². The molecule has 1 unspecified atom stereocenters. The molecule has 0 saturated heterocycles. The Morgan fingerprint density at radius 1 is 0.600 bits per heavy atom. The van der Waals surface area contributed by atoms with E-state index in [-0.39, 0.29) is 32.6 Å². The number of nitrogens with two attached hydrogens (primary N) is 1. The van der Waals surface area contributed by atoms with Gasteiger partial charge >= 0.3 is 19.8 Å². The Morgan fingerprint density at radius 2 is 1.04 bits per heavy atom. The van der Waals surface area contributed by atoms with Crippen LogP contribution in [0, 0.1) is 0 Å². The third kappa shape index (κ3) is 35.8. The van der Waals surface area contributed by atoms with E-state index in [0.717, 1.165) is 64.2 Å². The molecular weight excluding hydrogens is 653 g/mol. The maximum Gasteiger partial charge on any atom is 0.472 e. The third-order valence-electron chi connectivity index (χ3n) is 7.94. The van der Waals surface area contributed by atoms with Crippen LogP contribution in [-0.4, -0.2) is 49.3 Å². The second-order valence-corrected chi connectivity index (χ2v) is 14.2. The highest BCUT2D eigenvalue weighted by atomic mass is 31.2. The molecule has 10 heteroatoms. The number of carbonyl (C=O) groups is 2. The number of carbonyl (C=O) groups excluding carboxylic acids is 2. The van der Waals surface area contributed by atoms with E-state index >= 15 is 0 Å². The fourth-order valence-electron chi connectivity index (χ4n) is 4.99. The number of hydrogen-bond donors (Lipinski definition) is 2. The molecule has 0 bridgehead atoms. The molecule has 0 radical (unpaired) electrons. The largest absolute Gasteiger partial charge is 0.472 e. The monoisotopic (exact) mass is 725 g/mol. The first-order valence-electron chi connectivity index (χ1n) is 19.6. The highest BCUT2D eigenvalue weighted by Crippen LogP contribution is 2.43. The van der Waals surface area contributed by atoms with E-state index in [4.69, 9.17) is 24.3 Å². The van der Waals surface area contributed by atoms with Gasteiger partial charge in [-0.15, -0.1) is 0 Å². The van der Waals surface area contributed by atoms with Crippen LogP contribution in [0.15, 0.2) is 48.6 Å². The van der Waals surface area contributed by atoms with Crippen molar-refractivity contribution in [2.45, 2.75) is 168 Å². The normalized spacial score (nSPS) is 13.9. The van der Waals surface area contributed by atoms with Gasteiger partial charge in [0.1, 0.15) is 6.61 Å². The van der Waals surface area contributed by atoms with E-state index in [0.29, 0.717) is 12.8 Å². The minimum Gasteiger partial charge on any atom is -0.462 e. The van der Waals surface area contributed by atoms with Crippen LogP contribution in [-0.2, 0) is 32.7 Å². The van der Waals surface area contributed by atoms with E-state index in [1.807, 2.05) is 0 Å². The molecule has 0 aromatic carbocycles. The number of hydrogen-bond acceptors (Lipinski definition) is 8. The predicted molar refractivity (Wildman–Crippen MR) is 206 cm³/mol. The first kappa shape index (κ1) is 48.0. The van der Waals surface area contributed by atoms with Crippen molar-refractivity contribution in [1.29, 1.82) is 0 Å². The quantitative estimate of drug-likeness (QED) is 0.0280. The van der Waals surface area contributed by atoms with Crippen molar-refractivity contribution in [3.05, 3.63) is 48.6 Å². The summed E-state index contributed by atoms with van der Waals surface area (Å²) < 4.78 is 32.6. The van der Waals surface area contributed by atoms with E-state index in [2.05, 4.69) is 62.5 Å². The second kappa shape index (κ2) is 36.8. The van der Waals surface area contributed by atoms with Crippen LogP contribution < -0.4 is 5.73 Å². The minimum absolute atomic E-state index is 0.0446. The van der Waals surface area contributed by atoms with Gasteiger partial charge in [0.05, 0.1) is 13.2 Å². The van der Waals surface area contributed by atoms with Gasteiger partial charge < -0.3 is 20.1 Å². The predicted octanol–water partition coefficient (Wildman–Crippen LogP) is 10.8. The van der Waals surface area contributed by atoms with Gasteiger partial charge in [0.25, 0.3) is 0 Å². The molecular formula is C40H72NO8P. The molecule has 9 nitrogen and oxygen atoms in total. The number of ether oxygens (including phenoxy) is 2. The summed E-state index contributed by atoms with van der Waals surface area (Å²) in [7, 11) is -4.38. The smallest absolute Gasteiger partial charge is 0.462 e. The molecule has 290 valence electrons. The van der Waals surface area contributed by atoms with E-state index in [9.17, 15) is 19.0 Å². The third-order valence-corrected chi connectivity index (χ3v) is 8.92. The molecule has 0 aromatic rings. The number of phosphoric acid groups is 1. The van der Waals surface area contributed by atoms with Crippen LogP contribution in [0.5, 0.6) is 0 Å². The molecule has 0 rings (SSSR count). The lowest BCUT2D eigenvalue weighted by Crippen LogP contribution is -2.29. The Kier molecular flexibility index (Phi) is 35.3. The summed E-state index contributed by atoms with van der Waals surface area (Å²) in [5.41, 5.74) is 5.33. The molecule has 0 aliphatic rings. The number of allylic oxidation sites excluding steroid dienone is 8. The van der Waals surface area contributed by atoms with E-state index < -0.39 is 32.5 Å². The molecule has 0 aliphatic heterocycles. The molecule has 3 N–H and O–H groups in total. The minimum atomic E-state index is -4.38. The van der Waals surface area contributed by atoms with Gasteiger partial charge in [-0.3, -0.25) is 18.6 Å². The topological polar surface area (TPSA) is 134 Å². The van der Waals surface area contributed by atoms with Gasteiger partial charge in [0, 0.05) is 19.4 Å². The van der Waals surface area contributed by atoms with Crippen LogP contribution in [0.2, 0.25) is 0 Å². The Balaban J connectivity index is 4.31. The summed E-state index contributed by atoms with van der Waals surface area (Å²) in [5.74, 6) is -0.887. The van der Waals surface area contributed by atoms with Crippen molar-refractivity contribution in [3.8, 4) is 0 Å². The Labute approximate surface area is 305 Å². The van der Waals surface area contributed by atoms with Crippen molar-refractivity contribution >= 4 is 19.8 Å². The molecule has 0 aromatic heterocycles. The van der Waals surface area contributed by atoms with E-state index in [1.54, 1.807) is 0 Å². The van der Waals surface area contributed by atoms with Gasteiger partial charge in [-0.2, -0.15) is 0 Å². The molecule has 0 fully saturated rings. The highest BCUT2D eigenvalue weighted by Gasteiger charge is 2.25. The van der Waals surface area contributed by atoms with Gasteiger partial charge in [-0.1, -0.05) is 120 Å². The molecule has 2 atom stereocenters. The van der Waals surface area contributed by atoms with Crippen molar-refractivity contribution in [1.82, 2.24) is 0 Å². The van der Waals surface area contributed by atoms with Crippen molar-refractivity contribution in [2.24, 2.45) is 5.73 Å². The first-order valence-corrected chi connectivity index (χ1v) is 21.1. The fourth-order valence-corrected chi connectivity index (χ4v) is 5.75. The average Bonchev–Trinajstić information content (AvgIpc) is 3.10. The summed E-state index contributed by atoms with van der Waals surface area (Å²) in [4.78, 5) is 34.7. The fraction of sp³-hybridized carbons (Fsp3) is 0.750. The number of rotatable bonds is 36. The average molecular weight is 726 g/mol. The Bertz CT molecular complexity index is 965. The SMILES string of the molecule is CCCCC/C=C/C/C=C/C/C=C/CCCCC(=O)O[C@H](COC(=O)CCCCCCC/C=C/CCCCCCC)COP(=O)(O)OCCN. The summed E-state index contributed by atoms with van der Waals surface area (Å²) in [5, 5.41) is 0. The first-order chi connectivity index (χ1) is 24.3. The zero-order chi connectivity index (χ0) is 36.8. The summed E-state index contributed by atoms with van der Waals surface area (Å²) in [6.45, 7) is 3.62. The lowest BCUT2D eigenvalue weighted by Gasteiger charge is -2.19. The highest BCUT2D eigenvalue weighted by molar-refractivity contribution is 7.47. The Hall–Kier alpha value is -2.03. The van der Waals surface area contributed by atoms with Crippen LogP contribution in [0.25, 0.3) is 0 Å². The zero-order valence-corrected chi connectivity index (χ0v) is 32.5. The van der Waals surface area contributed by atoms with Crippen molar-refractivity contribution in [2.75, 3.05) is 26.4 Å². The summed E-state index contributed by atoms with van der Waals surface area (Å²) in [6.07, 6.45) is 40.0. The summed E-state index contributed by atoms with van der Waals surface area (Å²) in [6, 6.07) is 0. The molecule has 0 saturated carbocycles. The maximum atomic E-state index is 12.5. The Morgan fingerprint density at radius 3 is 1.64 bits per heavy atom. The molecule has 0 amide bonds. The number of unbranched alkanes of at least 4 members (excludes halogenated alkanes) is 15. The number of esters is 2. The van der Waals surface area contributed by atoms with Crippen LogP contribution in [0.3, 0.4) is 0 Å². The van der Waals surface area contributed by atoms with E-state index in [1.165, 1.54) is 57.8 Å². The molecule has 50 heavy (non-hydrogen) atoms. The molecule has 0 heterocycles. The molecule has 0 aliphatic carbocycles. The van der Waals surface area contributed by atoms with Gasteiger partial charge in [0.15, 0.2) is 6.10 Å². The van der Waals surface area contributed by atoms with Gasteiger partial charge in [-0.25, -0.2) is 4.57 Å². The van der Waals surface area contributed by atoms with Crippen molar-refractivity contribution < 1.29 is 37.6 Å². The zero-order valence-electron chi connectivity index (χ0n) is 31.6. The van der Waals surface area contributed by atoms with Crippen LogP contribution in [0.4, 0.5) is 0 Å². The van der Waals surface area contributed by atoms with Crippen LogP contribution >= 0.6 is 7.82 Å². The number of phosphoric ester groups is 1. The second-order valence-electron chi connectivity index (χ2n) is 12.8. The van der Waals surface area contributed by atoms with Crippen molar-refractivity contribution in [3.63, 3.8) is 0 Å².